The summed E-state index contributed by atoms with van der Waals surface area (Å²) in [4.78, 5) is 38.0. The highest BCUT2D eigenvalue weighted by Crippen LogP contribution is 2.58. The standard InChI is InChI=1S/C34H24N10O3/c1-18(45)39-19-10-12-20(13-11-19)44-21(16-38-42-44)17-43-28-9-5-2-6-22(28)34(33(43)46)23(15-35)32(37)47-31-24(36)14-27-30(29(31)34)41-26-8-4-3-7-25(26)40-27/h2-14,16H,17,36-37H2,1H3,(H,39,45). The number of carbonyl (C=O) groups excluding carboxylic acids is 2. The van der Waals surface area contributed by atoms with Gasteiger partial charge in [-0.05, 0) is 48.5 Å². The summed E-state index contributed by atoms with van der Waals surface area (Å²) in [6.45, 7) is 1.48. The summed E-state index contributed by atoms with van der Waals surface area (Å²) in [7, 11) is 0. The van der Waals surface area contributed by atoms with E-state index in [1.807, 2.05) is 36.4 Å². The van der Waals surface area contributed by atoms with E-state index in [-0.39, 0.29) is 35.3 Å². The van der Waals surface area contributed by atoms with Gasteiger partial charge in [0.05, 0.1) is 57.4 Å². The monoisotopic (exact) mass is 620 g/mol. The summed E-state index contributed by atoms with van der Waals surface area (Å²) in [5.41, 5.74) is 16.7. The Labute approximate surface area is 266 Å². The molecule has 6 aromatic rings. The molecule has 2 aromatic heterocycles. The van der Waals surface area contributed by atoms with Gasteiger partial charge < -0.3 is 26.4 Å². The summed E-state index contributed by atoms with van der Waals surface area (Å²) >= 11 is 0. The molecule has 0 bridgehead atoms. The third-order valence-electron chi connectivity index (χ3n) is 8.47. The minimum Gasteiger partial charge on any atom is -0.438 e. The maximum Gasteiger partial charge on any atom is 0.248 e. The first-order valence-corrected chi connectivity index (χ1v) is 14.6. The number of nitrogens with two attached hydrogens (primary N) is 2. The van der Waals surface area contributed by atoms with Crippen molar-refractivity contribution in [1.29, 1.82) is 5.26 Å². The molecule has 2 aliphatic rings. The lowest BCUT2D eigenvalue weighted by Crippen LogP contribution is -2.46. The van der Waals surface area contributed by atoms with Crippen LogP contribution in [0.5, 0.6) is 5.75 Å². The molecule has 47 heavy (non-hydrogen) atoms. The molecular weight excluding hydrogens is 596 g/mol. The van der Waals surface area contributed by atoms with Crippen molar-refractivity contribution in [1.82, 2.24) is 25.0 Å². The molecule has 13 heteroatoms. The Morgan fingerprint density at radius 1 is 1.00 bits per heavy atom. The van der Waals surface area contributed by atoms with Crippen LogP contribution in [-0.4, -0.2) is 36.8 Å². The van der Waals surface area contributed by atoms with Gasteiger partial charge in [0, 0.05) is 23.9 Å². The Morgan fingerprint density at radius 3 is 2.47 bits per heavy atom. The van der Waals surface area contributed by atoms with Crippen molar-refractivity contribution in [3.05, 3.63) is 113 Å². The van der Waals surface area contributed by atoms with Crippen molar-refractivity contribution >= 4 is 50.9 Å². The number of rotatable bonds is 4. The second-order valence-corrected chi connectivity index (χ2v) is 11.2. The number of fused-ring (bicyclic) bond motifs is 7. The van der Waals surface area contributed by atoms with Gasteiger partial charge in [-0.15, -0.1) is 5.10 Å². The molecule has 2 aliphatic heterocycles. The molecule has 0 radical (unpaired) electrons. The number of ether oxygens (including phenoxy) is 1. The topological polar surface area (TPSA) is 191 Å². The number of nitriles is 1. The van der Waals surface area contributed by atoms with Crippen LogP contribution in [0.15, 0.2) is 96.5 Å². The van der Waals surface area contributed by atoms with Crippen LogP contribution in [0, 0.1) is 11.3 Å². The van der Waals surface area contributed by atoms with Gasteiger partial charge in [-0.25, -0.2) is 14.6 Å². The highest BCUT2D eigenvalue weighted by Gasteiger charge is 2.60. The van der Waals surface area contributed by atoms with E-state index in [0.29, 0.717) is 55.9 Å². The summed E-state index contributed by atoms with van der Waals surface area (Å²) in [5.74, 6) is -0.710. The van der Waals surface area contributed by atoms with Crippen molar-refractivity contribution in [3.63, 3.8) is 0 Å². The quantitative estimate of drug-likeness (QED) is 0.193. The van der Waals surface area contributed by atoms with Gasteiger partial charge >= 0.3 is 0 Å². The van der Waals surface area contributed by atoms with Crippen molar-refractivity contribution in [2.75, 3.05) is 16.0 Å². The van der Waals surface area contributed by atoms with Crippen LogP contribution in [0.2, 0.25) is 0 Å². The molecule has 0 aliphatic carbocycles. The van der Waals surface area contributed by atoms with Crippen LogP contribution in [0.4, 0.5) is 17.1 Å². The molecule has 228 valence electrons. The van der Waals surface area contributed by atoms with Crippen LogP contribution in [-0.2, 0) is 21.5 Å². The molecule has 5 N–H and O–H groups in total. The van der Waals surface area contributed by atoms with E-state index in [1.165, 1.54) is 6.92 Å². The van der Waals surface area contributed by atoms with E-state index in [4.69, 9.17) is 26.2 Å². The van der Waals surface area contributed by atoms with E-state index in [9.17, 15) is 10.1 Å². The number of anilines is 3. The Hall–Kier alpha value is -6.81. The molecule has 0 fully saturated rings. The normalized spacial score (nSPS) is 16.7. The fraction of sp³-hybridized carbons (Fsp3) is 0.0882. The molecule has 4 aromatic carbocycles. The lowest BCUT2D eigenvalue weighted by Gasteiger charge is -2.35. The number of nitrogens with zero attached hydrogens (tertiary/aromatic N) is 7. The van der Waals surface area contributed by atoms with Crippen molar-refractivity contribution < 1.29 is 14.3 Å². The van der Waals surface area contributed by atoms with E-state index < -0.39 is 11.3 Å². The number of nitrogen functional groups attached to an aromatic ring is 1. The van der Waals surface area contributed by atoms with E-state index >= 15 is 4.79 Å². The van der Waals surface area contributed by atoms with Crippen LogP contribution < -0.4 is 26.4 Å². The maximum absolute atomic E-state index is 15.2. The smallest absolute Gasteiger partial charge is 0.248 e. The summed E-state index contributed by atoms with van der Waals surface area (Å²) in [6, 6.07) is 25.5. The first kappa shape index (κ1) is 27.7. The molecule has 1 atom stereocenters. The Balaban J connectivity index is 1.33. The molecule has 13 nitrogen and oxygen atoms in total. The van der Waals surface area contributed by atoms with E-state index in [2.05, 4.69) is 21.7 Å². The van der Waals surface area contributed by atoms with Gasteiger partial charge in [0.25, 0.3) is 0 Å². The van der Waals surface area contributed by atoms with Gasteiger partial charge in [-0.3, -0.25) is 9.59 Å². The third kappa shape index (κ3) is 3.95. The molecule has 2 amide bonds. The van der Waals surface area contributed by atoms with Gasteiger partial charge in [-0.1, -0.05) is 35.5 Å². The fourth-order valence-corrected chi connectivity index (χ4v) is 6.56. The van der Waals surface area contributed by atoms with Gasteiger partial charge in [0.15, 0.2) is 5.75 Å². The molecular formula is C34H24N10O3. The molecule has 1 unspecified atom stereocenters. The van der Waals surface area contributed by atoms with E-state index in [1.54, 1.807) is 58.2 Å². The van der Waals surface area contributed by atoms with Crippen molar-refractivity contribution in [3.8, 4) is 17.5 Å². The predicted octanol–water partition coefficient (Wildman–Crippen LogP) is 3.82. The highest BCUT2D eigenvalue weighted by molar-refractivity contribution is 6.16. The van der Waals surface area contributed by atoms with Crippen LogP contribution in [0.1, 0.15) is 23.7 Å². The number of nitrogens with one attached hydrogen (secondary N) is 1. The summed E-state index contributed by atoms with van der Waals surface area (Å²) in [5, 5.41) is 21.8. The Kier molecular flexibility index (Phi) is 5.96. The number of para-hydroxylation sites is 3. The number of benzene rings is 4. The number of amides is 2. The largest absolute Gasteiger partial charge is 0.438 e. The number of hydrogen-bond donors (Lipinski definition) is 3. The van der Waals surface area contributed by atoms with Crippen LogP contribution in [0.3, 0.4) is 0 Å². The summed E-state index contributed by atoms with van der Waals surface area (Å²) in [6.07, 6.45) is 1.57. The molecule has 0 saturated heterocycles. The zero-order chi connectivity index (χ0) is 32.4. The second kappa shape index (κ2) is 10.1. The van der Waals surface area contributed by atoms with Gasteiger partial charge in [0.1, 0.15) is 17.1 Å². The van der Waals surface area contributed by atoms with Crippen LogP contribution in [0.25, 0.3) is 27.8 Å². The third-order valence-corrected chi connectivity index (χ3v) is 8.47. The predicted molar refractivity (Wildman–Crippen MR) is 173 cm³/mol. The first-order valence-electron chi connectivity index (χ1n) is 14.6. The van der Waals surface area contributed by atoms with Crippen LogP contribution >= 0.6 is 0 Å². The fourth-order valence-electron chi connectivity index (χ4n) is 6.56. The highest BCUT2D eigenvalue weighted by atomic mass is 16.5. The number of hydrogen-bond acceptors (Lipinski definition) is 10. The minimum absolute atomic E-state index is 0.0434. The molecule has 4 heterocycles. The van der Waals surface area contributed by atoms with E-state index in [0.717, 1.165) is 0 Å². The van der Waals surface area contributed by atoms with Gasteiger partial charge in [-0.2, -0.15) is 5.26 Å². The lowest BCUT2D eigenvalue weighted by atomic mass is 9.68. The molecule has 1 spiro atoms. The Morgan fingerprint density at radius 2 is 1.72 bits per heavy atom. The average Bonchev–Trinajstić information content (AvgIpc) is 3.62. The lowest BCUT2D eigenvalue weighted by molar-refractivity contribution is -0.121. The minimum atomic E-state index is -1.74. The second-order valence-electron chi connectivity index (χ2n) is 11.2. The summed E-state index contributed by atoms with van der Waals surface area (Å²) < 4.78 is 7.62. The van der Waals surface area contributed by atoms with Crippen molar-refractivity contribution in [2.24, 2.45) is 5.73 Å². The van der Waals surface area contributed by atoms with Crippen molar-refractivity contribution in [2.45, 2.75) is 18.9 Å². The molecule has 0 saturated carbocycles. The number of carbonyl (C=O) groups is 2. The average molecular weight is 621 g/mol. The SMILES string of the molecule is CC(=O)Nc1ccc(-n2nncc2CN2C(=O)C3(C(C#N)=C(N)Oc4c(N)cc5nc6ccccc6nc5c43)c3ccccc32)cc1. The maximum atomic E-state index is 15.2. The zero-order valence-corrected chi connectivity index (χ0v) is 24.8. The van der Waals surface area contributed by atoms with Gasteiger partial charge in [0.2, 0.25) is 17.7 Å². The number of aromatic nitrogens is 5. The zero-order valence-electron chi connectivity index (χ0n) is 24.8. The molecule has 8 rings (SSSR count). The Bertz CT molecular complexity index is 2390. The first-order chi connectivity index (χ1) is 22.8.